The summed E-state index contributed by atoms with van der Waals surface area (Å²) in [7, 11) is 0. The number of rotatable bonds is 8. The normalized spacial score (nSPS) is 11.9. The van der Waals surface area contributed by atoms with Crippen molar-refractivity contribution < 1.29 is 14.4 Å². The summed E-state index contributed by atoms with van der Waals surface area (Å²) in [5.41, 5.74) is 0.266. The zero-order valence-corrected chi connectivity index (χ0v) is 14.6. The number of nitrogens with one attached hydrogen (secondary N) is 3. The van der Waals surface area contributed by atoms with Crippen LogP contribution in [0, 0.1) is 5.92 Å². The Balaban J connectivity index is 2.70. The predicted molar refractivity (Wildman–Crippen MR) is 91.2 cm³/mol. The summed E-state index contributed by atoms with van der Waals surface area (Å²) in [6, 6.07) is 4.51. The van der Waals surface area contributed by atoms with Crippen molar-refractivity contribution in [2.75, 3.05) is 6.54 Å². The monoisotopic (exact) mass is 334 g/mol. The van der Waals surface area contributed by atoms with Gasteiger partial charge in [-0.25, -0.2) is 0 Å². The van der Waals surface area contributed by atoms with E-state index in [1.54, 1.807) is 32.0 Å². The molecule has 3 amide bonds. The van der Waals surface area contributed by atoms with Gasteiger partial charge in [0.25, 0.3) is 5.91 Å². The molecule has 0 bridgehead atoms. The molecule has 0 aliphatic rings. The number of amides is 3. The average molecular weight is 334 g/mol. The Hall–Kier alpha value is -2.44. The molecular weight excluding hydrogens is 308 g/mol. The van der Waals surface area contributed by atoms with Crippen LogP contribution in [0.1, 0.15) is 44.6 Å². The minimum atomic E-state index is -0.513. The van der Waals surface area contributed by atoms with Crippen LogP contribution in [0.2, 0.25) is 0 Å². The molecule has 3 N–H and O–H groups in total. The molecule has 1 aromatic rings. The lowest BCUT2D eigenvalue weighted by Gasteiger charge is -2.20. The molecule has 1 heterocycles. The molecule has 0 saturated heterocycles. The van der Waals surface area contributed by atoms with E-state index in [1.807, 2.05) is 13.8 Å². The van der Waals surface area contributed by atoms with Gasteiger partial charge in [0.1, 0.15) is 5.69 Å². The zero-order valence-electron chi connectivity index (χ0n) is 14.6. The maximum atomic E-state index is 12.2. The molecule has 24 heavy (non-hydrogen) atoms. The van der Waals surface area contributed by atoms with Crippen molar-refractivity contribution in [2.24, 2.45) is 5.92 Å². The molecule has 0 saturated carbocycles. The molecule has 0 aliphatic heterocycles. The first-order chi connectivity index (χ1) is 11.3. The van der Waals surface area contributed by atoms with Gasteiger partial charge in [-0.3, -0.25) is 19.4 Å². The second kappa shape index (κ2) is 9.64. The second-order valence-corrected chi connectivity index (χ2v) is 6.21. The van der Waals surface area contributed by atoms with Crippen LogP contribution in [0.5, 0.6) is 0 Å². The Morgan fingerprint density at radius 2 is 1.79 bits per heavy atom. The fourth-order valence-electron chi connectivity index (χ4n) is 1.96. The molecule has 1 atom stereocenters. The SMILES string of the molecule is CC(C)NC(=O)C[C@@H](CNC(=O)C(C)C)NC(=O)c1ccccn1. The first-order valence-electron chi connectivity index (χ1n) is 8.08. The van der Waals surface area contributed by atoms with Crippen LogP contribution in [-0.4, -0.2) is 41.3 Å². The number of pyridine rings is 1. The number of aromatic nitrogens is 1. The smallest absolute Gasteiger partial charge is 0.270 e. The maximum absolute atomic E-state index is 12.2. The first kappa shape index (κ1) is 19.6. The predicted octanol–water partition coefficient (Wildman–Crippen LogP) is 0.867. The largest absolute Gasteiger partial charge is 0.354 e. The summed E-state index contributed by atoms with van der Waals surface area (Å²) < 4.78 is 0. The van der Waals surface area contributed by atoms with Crippen molar-refractivity contribution in [1.82, 2.24) is 20.9 Å². The van der Waals surface area contributed by atoms with Crippen LogP contribution < -0.4 is 16.0 Å². The van der Waals surface area contributed by atoms with Crippen molar-refractivity contribution in [1.29, 1.82) is 0 Å². The van der Waals surface area contributed by atoms with Crippen molar-refractivity contribution >= 4 is 17.7 Å². The van der Waals surface area contributed by atoms with Gasteiger partial charge in [0.15, 0.2) is 0 Å². The maximum Gasteiger partial charge on any atom is 0.270 e. The molecule has 7 nitrogen and oxygen atoms in total. The number of carbonyl (C=O) groups is 3. The first-order valence-corrected chi connectivity index (χ1v) is 8.08. The highest BCUT2D eigenvalue weighted by atomic mass is 16.2. The van der Waals surface area contributed by atoms with Gasteiger partial charge in [-0.2, -0.15) is 0 Å². The Morgan fingerprint density at radius 1 is 1.08 bits per heavy atom. The summed E-state index contributed by atoms with van der Waals surface area (Å²) in [6.07, 6.45) is 1.60. The lowest BCUT2D eigenvalue weighted by Crippen LogP contribution is -2.47. The second-order valence-electron chi connectivity index (χ2n) is 6.21. The molecule has 0 aromatic carbocycles. The lowest BCUT2D eigenvalue weighted by molar-refractivity contribution is -0.125. The number of hydrogen-bond donors (Lipinski definition) is 3. The molecule has 0 unspecified atom stereocenters. The van der Waals surface area contributed by atoms with E-state index in [0.29, 0.717) is 0 Å². The fraction of sp³-hybridized carbons (Fsp3) is 0.529. The topological polar surface area (TPSA) is 100 Å². The third kappa shape index (κ3) is 7.21. The molecule has 7 heteroatoms. The molecule has 0 spiro atoms. The number of carbonyl (C=O) groups excluding carboxylic acids is 3. The lowest BCUT2D eigenvalue weighted by atomic mass is 10.1. The van der Waals surface area contributed by atoms with Crippen molar-refractivity contribution in [3.63, 3.8) is 0 Å². The summed E-state index contributed by atoms with van der Waals surface area (Å²) in [4.78, 5) is 39.9. The van der Waals surface area contributed by atoms with Crippen molar-refractivity contribution in [3.05, 3.63) is 30.1 Å². The quantitative estimate of drug-likeness (QED) is 0.656. The van der Waals surface area contributed by atoms with Gasteiger partial charge in [0.05, 0.1) is 6.04 Å². The highest BCUT2D eigenvalue weighted by Gasteiger charge is 2.19. The zero-order chi connectivity index (χ0) is 18.1. The van der Waals surface area contributed by atoms with Crippen molar-refractivity contribution in [3.8, 4) is 0 Å². The minimum absolute atomic E-state index is 0.00916. The molecule has 0 radical (unpaired) electrons. The fourth-order valence-corrected chi connectivity index (χ4v) is 1.96. The summed E-state index contributed by atoms with van der Waals surface area (Å²) in [6.45, 7) is 7.46. The Kier molecular flexibility index (Phi) is 7.88. The molecule has 1 aromatic heterocycles. The van der Waals surface area contributed by atoms with Crippen LogP contribution in [-0.2, 0) is 9.59 Å². The summed E-state index contributed by atoms with van der Waals surface area (Å²) in [5.74, 6) is -0.857. The molecule has 1 rings (SSSR count). The van der Waals surface area contributed by atoms with Crippen LogP contribution in [0.3, 0.4) is 0 Å². The highest BCUT2D eigenvalue weighted by Crippen LogP contribution is 1.99. The van der Waals surface area contributed by atoms with Gasteiger partial charge in [-0.15, -0.1) is 0 Å². The number of hydrogen-bond acceptors (Lipinski definition) is 4. The van der Waals surface area contributed by atoms with E-state index in [1.165, 1.54) is 6.20 Å². The van der Waals surface area contributed by atoms with Gasteiger partial charge >= 0.3 is 0 Å². The third-order valence-corrected chi connectivity index (χ3v) is 3.16. The Bertz CT molecular complexity index is 558. The van der Waals surface area contributed by atoms with E-state index in [0.717, 1.165) is 0 Å². The minimum Gasteiger partial charge on any atom is -0.354 e. The van der Waals surface area contributed by atoms with E-state index >= 15 is 0 Å². The summed E-state index contributed by atoms with van der Waals surface area (Å²) in [5, 5.41) is 8.28. The average Bonchev–Trinajstić information content (AvgIpc) is 2.52. The van der Waals surface area contributed by atoms with E-state index in [9.17, 15) is 14.4 Å². The van der Waals surface area contributed by atoms with E-state index in [-0.39, 0.29) is 48.3 Å². The Morgan fingerprint density at radius 3 is 2.33 bits per heavy atom. The standard InChI is InChI=1S/C17H26N4O3/c1-11(2)16(23)19-10-13(9-15(22)20-12(3)4)21-17(24)14-7-5-6-8-18-14/h5-8,11-13H,9-10H2,1-4H3,(H,19,23)(H,20,22)(H,21,24)/t13-/m0/s1. The van der Waals surface area contributed by atoms with Gasteiger partial charge in [-0.1, -0.05) is 19.9 Å². The summed E-state index contributed by atoms with van der Waals surface area (Å²) >= 11 is 0. The van der Waals surface area contributed by atoms with Crippen LogP contribution >= 0.6 is 0 Å². The van der Waals surface area contributed by atoms with Gasteiger partial charge in [-0.05, 0) is 26.0 Å². The van der Waals surface area contributed by atoms with Gasteiger partial charge in [0, 0.05) is 31.1 Å². The van der Waals surface area contributed by atoms with Crippen LogP contribution in [0.25, 0.3) is 0 Å². The van der Waals surface area contributed by atoms with Crippen LogP contribution in [0.4, 0.5) is 0 Å². The third-order valence-electron chi connectivity index (χ3n) is 3.16. The number of nitrogens with zero attached hydrogens (tertiary/aromatic N) is 1. The van der Waals surface area contributed by atoms with Gasteiger partial charge < -0.3 is 16.0 Å². The van der Waals surface area contributed by atoms with Crippen LogP contribution in [0.15, 0.2) is 24.4 Å². The molecule has 132 valence electrons. The molecule has 0 aliphatic carbocycles. The van der Waals surface area contributed by atoms with E-state index in [4.69, 9.17) is 0 Å². The highest BCUT2D eigenvalue weighted by molar-refractivity contribution is 5.92. The molecule has 0 fully saturated rings. The Labute approximate surface area is 142 Å². The van der Waals surface area contributed by atoms with Gasteiger partial charge in [0.2, 0.25) is 11.8 Å². The van der Waals surface area contributed by atoms with E-state index in [2.05, 4.69) is 20.9 Å². The van der Waals surface area contributed by atoms with E-state index < -0.39 is 6.04 Å². The van der Waals surface area contributed by atoms with Crippen molar-refractivity contribution in [2.45, 2.75) is 46.2 Å². The molecular formula is C17H26N4O3.